The maximum absolute atomic E-state index is 3.51. The zero-order valence-electron chi connectivity index (χ0n) is 10.1. The molecule has 1 fully saturated rings. The van der Waals surface area contributed by atoms with Gasteiger partial charge in [0.15, 0.2) is 0 Å². The van der Waals surface area contributed by atoms with Crippen LogP contribution >= 0.6 is 0 Å². The van der Waals surface area contributed by atoms with E-state index >= 15 is 0 Å². The first-order chi connectivity index (χ1) is 7.87. The van der Waals surface area contributed by atoms with Crippen LogP contribution in [0.1, 0.15) is 37.3 Å². The Labute approximate surface area is 98.3 Å². The lowest BCUT2D eigenvalue weighted by molar-refractivity contribution is 0.482. The van der Waals surface area contributed by atoms with Crippen LogP contribution in [0.5, 0.6) is 0 Å². The van der Waals surface area contributed by atoms with Crippen molar-refractivity contribution in [3.63, 3.8) is 0 Å². The summed E-state index contributed by atoms with van der Waals surface area (Å²) in [6, 6.07) is 9.12. The molecule has 0 bridgehead atoms. The van der Waals surface area contributed by atoms with Crippen LogP contribution in [0.3, 0.4) is 0 Å². The summed E-state index contributed by atoms with van der Waals surface area (Å²) in [6.07, 6.45) is 5.52. The van der Waals surface area contributed by atoms with Crippen LogP contribution in [0.15, 0.2) is 24.3 Å². The molecule has 0 heterocycles. The second-order valence-electron chi connectivity index (χ2n) is 5.38. The molecule has 3 rings (SSSR count). The van der Waals surface area contributed by atoms with E-state index in [0.29, 0.717) is 5.41 Å². The van der Waals surface area contributed by atoms with Gasteiger partial charge in [0.25, 0.3) is 0 Å². The third-order valence-electron chi connectivity index (χ3n) is 4.50. The van der Waals surface area contributed by atoms with Gasteiger partial charge in [0.2, 0.25) is 0 Å². The molecule has 0 radical (unpaired) electrons. The van der Waals surface area contributed by atoms with Gasteiger partial charge in [-0.2, -0.15) is 0 Å². The van der Waals surface area contributed by atoms with Crippen molar-refractivity contribution >= 4 is 0 Å². The predicted molar refractivity (Wildman–Crippen MR) is 67.7 cm³/mol. The molecule has 1 nitrogen and oxygen atoms in total. The molecule has 1 heteroatoms. The lowest BCUT2D eigenvalue weighted by Crippen LogP contribution is -2.24. The fourth-order valence-electron chi connectivity index (χ4n) is 3.56. The van der Waals surface area contributed by atoms with Crippen molar-refractivity contribution in [1.29, 1.82) is 0 Å². The summed E-state index contributed by atoms with van der Waals surface area (Å²) in [5.74, 6) is 0.897. The highest BCUT2D eigenvalue weighted by Crippen LogP contribution is 2.59. The van der Waals surface area contributed by atoms with Crippen LogP contribution in [0.4, 0.5) is 0 Å². The summed E-state index contributed by atoms with van der Waals surface area (Å²) in [5, 5.41) is 3.51. The summed E-state index contributed by atoms with van der Waals surface area (Å²) >= 11 is 0. The topological polar surface area (TPSA) is 12.0 Å². The van der Waals surface area contributed by atoms with Crippen LogP contribution < -0.4 is 5.32 Å². The zero-order chi connectivity index (χ0) is 11.0. The van der Waals surface area contributed by atoms with Crippen LogP contribution in [0.25, 0.3) is 0 Å². The Balaban J connectivity index is 1.84. The summed E-state index contributed by atoms with van der Waals surface area (Å²) in [7, 11) is 0. The van der Waals surface area contributed by atoms with Gasteiger partial charge in [-0.15, -0.1) is 0 Å². The Bertz CT molecular complexity index is 385. The molecule has 1 aromatic rings. The van der Waals surface area contributed by atoms with Crippen molar-refractivity contribution in [2.24, 2.45) is 5.92 Å². The molecule has 1 N–H and O–H groups in total. The second-order valence-corrected chi connectivity index (χ2v) is 5.38. The molecule has 1 saturated carbocycles. The Morgan fingerprint density at radius 1 is 1.38 bits per heavy atom. The lowest BCUT2D eigenvalue weighted by atomic mass is 9.78. The van der Waals surface area contributed by atoms with Gasteiger partial charge in [-0.3, -0.25) is 0 Å². The number of hydrogen-bond acceptors (Lipinski definition) is 1. The Morgan fingerprint density at radius 3 is 3.12 bits per heavy atom. The summed E-state index contributed by atoms with van der Waals surface area (Å²) in [5.41, 5.74) is 3.86. The molecule has 2 aliphatic carbocycles. The Hall–Kier alpha value is -0.820. The molecule has 86 valence electrons. The third kappa shape index (κ3) is 1.49. The van der Waals surface area contributed by atoms with Crippen LogP contribution in [0, 0.1) is 5.92 Å². The highest BCUT2D eigenvalue weighted by atomic mass is 14.9. The average molecular weight is 215 g/mol. The number of nitrogens with one attached hydrogen (secondary N) is 1. The molecule has 0 aromatic heterocycles. The van der Waals surface area contributed by atoms with Crippen LogP contribution in [0.2, 0.25) is 0 Å². The largest absolute Gasteiger partial charge is 0.317 e. The highest BCUT2D eigenvalue weighted by Gasteiger charge is 2.55. The van der Waals surface area contributed by atoms with Crippen LogP contribution in [-0.2, 0) is 11.8 Å². The van der Waals surface area contributed by atoms with E-state index in [9.17, 15) is 0 Å². The van der Waals surface area contributed by atoms with E-state index < -0.39 is 0 Å². The maximum Gasteiger partial charge on any atom is -0.00000881 e. The van der Waals surface area contributed by atoms with Crippen LogP contribution in [-0.4, -0.2) is 13.1 Å². The molecular weight excluding hydrogens is 194 g/mol. The fourth-order valence-corrected chi connectivity index (χ4v) is 3.56. The molecule has 1 aromatic carbocycles. The first-order valence-electron chi connectivity index (χ1n) is 6.66. The standard InChI is InChI=1S/C15H21N/c1-2-16-11-13-10-15(13)9-5-7-12-6-3-4-8-14(12)15/h3-4,6,8,13,16H,2,5,7,9-11H2,1H3. The van der Waals surface area contributed by atoms with E-state index in [1.54, 1.807) is 11.1 Å². The van der Waals surface area contributed by atoms with Gasteiger partial charge in [-0.25, -0.2) is 0 Å². The van der Waals surface area contributed by atoms with E-state index in [1.807, 2.05) is 0 Å². The van der Waals surface area contributed by atoms with E-state index in [4.69, 9.17) is 0 Å². The molecule has 2 unspecified atom stereocenters. The van der Waals surface area contributed by atoms with Gasteiger partial charge in [0.05, 0.1) is 0 Å². The molecule has 0 aliphatic heterocycles. The minimum atomic E-state index is 0.566. The summed E-state index contributed by atoms with van der Waals surface area (Å²) in [4.78, 5) is 0. The molecular formula is C15H21N. The quantitative estimate of drug-likeness (QED) is 0.817. The SMILES string of the molecule is CCNCC1CC12CCCc1ccccc12. The lowest BCUT2D eigenvalue weighted by Gasteiger charge is -2.26. The first-order valence-corrected chi connectivity index (χ1v) is 6.66. The minimum Gasteiger partial charge on any atom is -0.317 e. The molecule has 0 saturated heterocycles. The van der Waals surface area contributed by atoms with Gasteiger partial charge in [0, 0.05) is 0 Å². The normalized spacial score (nSPS) is 31.4. The predicted octanol–water partition coefficient (Wildman–Crippen LogP) is 2.89. The summed E-state index contributed by atoms with van der Waals surface area (Å²) in [6.45, 7) is 4.52. The fraction of sp³-hybridized carbons (Fsp3) is 0.600. The van der Waals surface area contributed by atoms with Gasteiger partial charge in [0.1, 0.15) is 0 Å². The number of aryl methyl sites for hydroxylation is 1. The monoisotopic (exact) mass is 215 g/mol. The first kappa shape index (κ1) is 10.3. The van der Waals surface area contributed by atoms with Gasteiger partial charge in [-0.05, 0) is 61.2 Å². The Morgan fingerprint density at radius 2 is 2.25 bits per heavy atom. The van der Waals surface area contributed by atoms with Crippen molar-refractivity contribution in [3.8, 4) is 0 Å². The van der Waals surface area contributed by atoms with E-state index in [0.717, 1.165) is 12.5 Å². The third-order valence-corrected chi connectivity index (χ3v) is 4.50. The van der Waals surface area contributed by atoms with Crippen molar-refractivity contribution in [1.82, 2.24) is 5.32 Å². The number of rotatable bonds is 3. The molecule has 2 aliphatic rings. The Kier molecular flexibility index (Phi) is 2.51. The van der Waals surface area contributed by atoms with E-state index in [2.05, 4.69) is 36.5 Å². The number of fused-ring (bicyclic) bond motifs is 2. The van der Waals surface area contributed by atoms with Crippen molar-refractivity contribution in [2.45, 2.75) is 38.0 Å². The van der Waals surface area contributed by atoms with E-state index in [-0.39, 0.29) is 0 Å². The molecule has 2 atom stereocenters. The van der Waals surface area contributed by atoms with Crippen molar-refractivity contribution < 1.29 is 0 Å². The molecule has 0 amide bonds. The van der Waals surface area contributed by atoms with Gasteiger partial charge >= 0.3 is 0 Å². The van der Waals surface area contributed by atoms with Crippen molar-refractivity contribution in [2.75, 3.05) is 13.1 Å². The molecule has 1 spiro atoms. The summed E-state index contributed by atoms with van der Waals surface area (Å²) < 4.78 is 0. The second kappa shape index (κ2) is 3.89. The minimum absolute atomic E-state index is 0.566. The van der Waals surface area contributed by atoms with Crippen molar-refractivity contribution in [3.05, 3.63) is 35.4 Å². The van der Waals surface area contributed by atoms with E-state index in [1.165, 1.54) is 32.2 Å². The smallest absolute Gasteiger partial charge is 0.00000881 e. The zero-order valence-corrected chi connectivity index (χ0v) is 10.1. The highest BCUT2D eigenvalue weighted by molar-refractivity contribution is 5.42. The number of hydrogen-bond donors (Lipinski definition) is 1. The number of benzene rings is 1. The maximum atomic E-state index is 3.51. The average Bonchev–Trinajstić information content (AvgIpc) is 3.01. The van der Waals surface area contributed by atoms with Gasteiger partial charge in [-0.1, -0.05) is 31.2 Å². The molecule has 16 heavy (non-hydrogen) atoms. The van der Waals surface area contributed by atoms with Gasteiger partial charge < -0.3 is 5.32 Å².